The second-order valence-corrected chi connectivity index (χ2v) is 4.20. The quantitative estimate of drug-likeness (QED) is 0.841. The van der Waals surface area contributed by atoms with Crippen LogP contribution < -0.4 is 5.06 Å². The third-order valence-electron chi connectivity index (χ3n) is 2.13. The first kappa shape index (κ1) is 12.5. The Morgan fingerprint density at radius 1 is 1.44 bits per heavy atom. The van der Waals surface area contributed by atoms with Crippen LogP contribution in [0.5, 0.6) is 0 Å². The van der Waals surface area contributed by atoms with E-state index in [9.17, 15) is 4.79 Å². The summed E-state index contributed by atoms with van der Waals surface area (Å²) >= 11 is 1.23. The van der Waals surface area contributed by atoms with Crippen molar-refractivity contribution < 1.29 is 14.7 Å². The largest absolute Gasteiger partial charge is 0.476 e. The topological polar surface area (TPSA) is 62.7 Å². The van der Waals surface area contributed by atoms with Crippen molar-refractivity contribution >= 4 is 28.1 Å². The summed E-state index contributed by atoms with van der Waals surface area (Å²) in [6, 6.07) is 9.41. The maximum Gasteiger partial charge on any atom is 0.355 e. The Labute approximate surface area is 108 Å². The van der Waals surface area contributed by atoms with Gasteiger partial charge in [0.1, 0.15) is 0 Å². The molecule has 94 valence electrons. The number of carbonyl (C=O) groups is 1. The second-order valence-electron chi connectivity index (χ2n) is 3.37. The lowest BCUT2D eigenvalue weighted by Crippen LogP contribution is -2.17. The summed E-state index contributed by atoms with van der Waals surface area (Å²) in [6.07, 6.45) is 0. The summed E-state index contributed by atoms with van der Waals surface area (Å²) in [7, 11) is 0. The minimum Gasteiger partial charge on any atom is -0.476 e. The molecule has 1 N–H and O–H groups in total. The molecule has 0 spiro atoms. The number of aromatic carboxylic acids is 1. The molecule has 0 atom stereocenters. The predicted octanol–water partition coefficient (Wildman–Crippen LogP) is 2.93. The maximum atomic E-state index is 10.8. The van der Waals surface area contributed by atoms with Gasteiger partial charge >= 0.3 is 5.97 Å². The van der Waals surface area contributed by atoms with Crippen molar-refractivity contribution in [1.82, 2.24) is 4.98 Å². The highest BCUT2D eigenvalue weighted by molar-refractivity contribution is 7.14. The van der Waals surface area contributed by atoms with Crippen molar-refractivity contribution in [2.24, 2.45) is 0 Å². The van der Waals surface area contributed by atoms with E-state index < -0.39 is 5.97 Å². The van der Waals surface area contributed by atoms with Crippen molar-refractivity contribution in [2.75, 3.05) is 11.7 Å². The van der Waals surface area contributed by atoms with Gasteiger partial charge in [-0.25, -0.2) is 9.78 Å². The van der Waals surface area contributed by atoms with Crippen molar-refractivity contribution in [3.63, 3.8) is 0 Å². The van der Waals surface area contributed by atoms with E-state index in [0.29, 0.717) is 11.7 Å². The molecule has 0 fully saturated rings. The molecule has 0 saturated heterocycles. The van der Waals surface area contributed by atoms with Crippen LogP contribution in [-0.2, 0) is 4.84 Å². The fraction of sp³-hybridized carbons (Fsp3) is 0.167. The van der Waals surface area contributed by atoms with Gasteiger partial charge in [-0.15, -0.1) is 11.3 Å². The average Bonchev–Trinajstić information content (AvgIpc) is 2.86. The molecule has 0 unspecified atom stereocenters. The third kappa shape index (κ3) is 2.66. The Morgan fingerprint density at radius 2 is 2.17 bits per heavy atom. The van der Waals surface area contributed by atoms with E-state index in [-0.39, 0.29) is 5.69 Å². The van der Waals surface area contributed by atoms with E-state index in [1.165, 1.54) is 21.8 Å². The van der Waals surface area contributed by atoms with Crippen LogP contribution in [0.3, 0.4) is 0 Å². The van der Waals surface area contributed by atoms with Crippen LogP contribution in [0, 0.1) is 0 Å². The summed E-state index contributed by atoms with van der Waals surface area (Å²) < 4.78 is 0. The Hall–Kier alpha value is -1.92. The molecule has 0 aliphatic heterocycles. The highest BCUT2D eigenvalue weighted by Crippen LogP contribution is 2.28. The predicted molar refractivity (Wildman–Crippen MR) is 69.3 cm³/mol. The lowest BCUT2D eigenvalue weighted by Gasteiger charge is -2.19. The molecule has 0 radical (unpaired) electrons. The summed E-state index contributed by atoms with van der Waals surface area (Å²) in [5.41, 5.74) is 0.835. The number of carboxylic acids is 1. The number of anilines is 2. The number of hydrogen-bond acceptors (Lipinski definition) is 5. The van der Waals surface area contributed by atoms with E-state index >= 15 is 0 Å². The van der Waals surface area contributed by atoms with Crippen molar-refractivity contribution in [3.05, 3.63) is 41.4 Å². The fourth-order valence-electron chi connectivity index (χ4n) is 1.39. The molecule has 0 bridgehead atoms. The van der Waals surface area contributed by atoms with Gasteiger partial charge in [0, 0.05) is 5.38 Å². The van der Waals surface area contributed by atoms with Gasteiger partial charge in [0.2, 0.25) is 5.13 Å². The fourth-order valence-corrected chi connectivity index (χ4v) is 2.16. The Balaban J connectivity index is 2.32. The van der Waals surface area contributed by atoms with E-state index in [1.807, 2.05) is 37.3 Å². The molecule has 1 heterocycles. The normalized spacial score (nSPS) is 10.3. The Morgan fingerprint density at radius 3 is 2.72 bits per heavy atom. The maximum absolute atomic E-state index is 10.8. The minimum atomic E-state index is -1.04. The summed E-state index contributed by atoms with van der Waals surface area (Å²) in [6.45, 7) is 2.33. The number of rotatable bonds is 5. The van der Waals surface area contributed by atoms with Crippen LogP contribution in [0.4, 0.5) is 10.8 Å². The van der Waals surface area contributed by atoms with Gasteiger partial charge in [0.25, 0.3) is 0 Å². The van der Waals surface area contributed by atoms with Crippen LogP contribution in [0.2, 0.25) is 0 Å². The van der Waals surface area contributed by atoms with Gasteiger partial charge in [-0.3, -0.25) is 4.84 Å². The number of nitrogens with zero attached hydrogens (tertiary/aromatic N) is 2. The third-order valence-corrected chi connectivity index (χ3v) is 2.94. The first-order valence-corrected chi connectivity index (χ1v) is 6.27. The minimum absolute atomic E-state index is 0.0237. The van der Waals surface area contributed by atoms with Crippen LogP contribution in [-0.4, -0.2) is 22.7 Å². The number of carboxylic acid groups (broad SMARTS) is 1. The molecule has 2 aromatic rings. The van der Waals surface area contributed by atoms with E-state index in [0.717, 1.165) is 5.69 Å². The molecule has 1 aromatic carbocycles. The smallest absolute Gasteiger partial charge is 0.355 e. The van der Waals surface area contributed by atoms with Crippen molar-refractivity contribution in [3.8, 4) is 0 Å². The molecule has 0 saturated carbocycles. The van der Waals surface area contributed by atoms with E-state index in [2.05, 4.69) is 4.98 Å². The molecule has 18 heavy (non-hydrogen) atoms. The van der Waals surface area contributed by atoms with Gasteiger partial charge in [0.15, 0.2) is 5.69 Å². The zero-order valence-corrected chi connectivity index (χ0v) is 10.6. The zero-order valence-electron chi connectivity index (χ0n) is 9.74. The lowest BCUT2D eigenvalue weighted by molar-refractivity contribution is 0.0691. The van der Waals surface area contributed by atoms with Gasteiger partial charge in [0.05, 0.1) is 12.3 Å². The molecule has 6 heteroatoms. The first-order chi connectivity index (χ1) is 8.72. The summed E-state index contributed by atoms with van der Waals surface area (Å²) in [4.78, 5) is 20.3. The number of benzene rings is 1. The molecule has 0 aliphatic carbocycles. The van der Waals surface area contributed by atoms with Crippen LogP contribution >= 0.6 is 11.3 Å². The van der Waals surface area contributed by atoms with Crippen molar-refractivity contribution in [2.45, 2.75) is 6.92 Å². The van der Waals surface area contributed by atoms with E-state index in [4.69, 9.17) is 9.94 Å². The molecular weight excluding hydrogens is 252 g/mol. The van der Waals surface area contributed by atoms with Gasteiger partial charge < -0.3 is 5.11 Å². The highest BCUT2D eigenvalue weighted by Gasteiger charge is 2.16. The van der Waals surface area contributed by atoms with E-state index in [1.54, 1.807) is 0 Å². The number of aromatic nitrogens is 1. The average molecular weight is 264 g/mol. The van der Waals surface area contributed by atoms with Crippen molar-refractivity contribution in [1.29, 1.82) is 0 Å². The SMILES string of the molecule is CCON(c1ccccc1)c1nc(C(=O)O)cs1. The number of hydrogen-bond donors (Lipinski definition) is 1. The monoisotopic (exact) mass is 264 g/mol. The number of para-hydroxylation sites is 1. The molecule has 0 amide bonds. The molecule has 1 aromatic heterocycles. The Kier molecular flexibility index (Phi) is 3.91. The molecule has 0 aliphatic rings. The van der Waals surface area contributed by atoms with Gasteiger partial charge in [-0.05, 0) is 19.1 Å². The summed E-state index contributed by atoms with van der Waals surface area (Å²) in [5.74, 6) is -1.04. The van der Waals surface area contributed by atoms with Gasteiger partial charge in [-0.2, -0.15) is 5.06 Å². The Bertz CT molecular complexity index is 527. The lowest BCUT2D eigenvalue weighted by atomic mass is 10.3. The first-order valence-electron chi connectivity index (χ1n) is 5.39. The molecular formula is C12H12N2O3S. The summed E-state index contributed by atoms with van der Waals surface area (Å²) in [5, 5.41) is 12.4. The standard InChI is InChI=1S/C12H12N2O3S/c1-2-17-14(9-6-4-3-5-7-9)12-13-10(8-18-12)11(15)16/h3-8H,2H2,1H3,(H,15,16). The van der Waals surface area contributed by atoms with Crippen LogP contribution in [0.25, 0.3) is 0 Å². The molecule has 5 nitrogen and oxygen atoms in total. The number of thiazole rings is 1. The van der Waals surface area contributed by atoms with Gasteiger partial charge in [-0.1, -0.05) is 18.2 Å². The second kappa shape index (κ2) is 5.61. The zero-order chi connectivity index (χ0) is 13.0. The van der Waals surface area contributed by atoms with Crippen LogP contribution in [0.15, 0.2) is 35.7 Å². The molecule has 2 rings (SSSR count). The highest BCUT2D eigenvalue weighted by atomic mass is 32.1. The van der Waals surface area contributed by atoms with Crippen LogP contribution in [0.1, 0.15) is 17.4 Å².